The molecule has 0 aromatic carbocycles. The number of ether oxygens (including phenoxy) is 1. The van der Waals surface area contributed by atoms with Gasteiger partial charge in [-0.2, -0.15) is 0 Å². The Hall–Kier alpha value is -0.850. The third-order valence-corrected chi connectivity index (χ3v) is 2.05. The summed E-state index contributed by atoms with van der Waals surface area (Å²) in [6.45, 7) is 1.61. The Morgan fingerprint density at radius 3 is 2.77 bits per heavy atom. The summed E-state index contributed by atoms with van der Waals surface area (Å²) in [6, 6.07) is -1.26. The maximum absolute atomic E-state index is 10.5. The highest BCUT2D eigenvalue weighted by molar-refractivity contribution is 5.72. The number of hydrogen-bond donors (Lipinski definition) is 4. The first-order valence-electron chi connectivity index (χ1n) is 4.08. The average molecular weight is 190 g/mol. The molecule has 1 fully saturated rings. The molecule has 4 unspecified atom stereocenters. The molecule has 0 radical (unpaired) electrons. The molecule has 4 atom stereocenters. The van der Waals surface area contributed by atoms with Crippen molar-refractivity contribution >= 4 is 6.03 Å². The number of carbonyl (C=O) groups is 1. The monoisotopic (exact) mass is 190 g/mol. The van der Waals surface area contributed by atoms with Gasteiger partial charge < -0.3 is 26.0 Å². The van der Waals surface area contributed by atoms with Gasteiger partial charge >= 0.3 is 6.03 Å². The number of urea groups is 1. The molecule has 1 saturated heterocycles. The van der Waals surface area contributed by atoms with E-state index in [9.17, 15) is 9.90 Å². The Bertz CT molecular complexity index is 199. The molecule has 1 rings (SSSR count). The van der Waals surface area contributed by atoms with E-state index in [-0.39, 0.29) is 6.42 Å². The quantitative estimate of drug-likeness (QED) is 0.404. The summed E-state index contributed by atoms with van der Waals surface area (Å²) < 4.78 is 4.92. The smallest absolute Gasteiger partial charge is 0.312 e. The zero-order chi connectivity index (χ0) is 10.0. The minimum Gasteiger partial charge on any atom is -0.388 e. The molecule has 1 heterocycles. The Morgan fingerprint density at radius 1 is 1.62 bits per heavy atom. The zero-order valence-corrected chi connectivity index (χ0v) is 7.30. The average Bonchev–Trinajstić information content (AvgIpc) is 1.98. The predicted molar refractivity (Wildman–Crippen MR) is 43.7 cm³/mol. The van der Waals surface area contributed by atoms with E-state index in [0.717, 1.165) is 0 Å². The fourth-order valence-electron chi connectivity index (χ4n) is 1.39. The van der Waals surface area contributed by atoms with Gasteiger partial charge in [-0.1, -0.05) is 0 Å². The number of amides is 2. The van der Waals surface area contributed by atoms with Crippen molar-refractivity contribution in [2.45, 2.75) is 37.9 Å². The van der Waals surface area contributed by atoms with Gasteiger partial charge in [-0.3, -0.25) is 0 Å². The highest BCUT2D eigenvalue weighted by Crippen LogP contribution is 2.18. The maximum atomic E-state index is 10.5. The minimum absolute atomic E-state index is 0.147. The fraction of sp³-hybridized carbons (Fsp3) is 0.857. The number of aliphatic hydroxyl groups is 2. The van der Waals surface area contributed by atoms with E-state index in [1.165, 1.54) is 0 Å². The van der Waals surface area contributed by atoms with Crippen LogP contribution in [0.5, 0.6) is 0 Å². The minimum atomic E-state index is -0.963. The van der Waals surface area contributed by atoms with Gasteiger partial charge in [0.25, 0.3) is 0 Å². The van der Waals surface area contributed by atoms with Crippen molar-refractivity contribution in [3.8, 4) is 0 Å². The second kappa shape index (κ2) is 3.91. The standard InChI is InChI=1S/C7H14N2O4/c1-3-6(11)4(9-7(8)12)2-5(10)13-3/h3-6,10-11H,2H2,1H3,(H3,8,9,12). The van der Waals surface area contributed by atoms with Crippen molar-refractivity contribution in [2.24, 2.45) is 5.73 Å². The van der Waals surface area contributed by atoms with Gasteiger partial charge in [-0.25, -0.2) is 4.79 Å². The molecular formula is C7H14N2O4. The topological polar surface area (TPSA) is 105 Å². The van der Waals surface area contributed by atoms with Gasteiger partial charge in [0, 0.05) is 6.42 Å². The molecule has 1 aliphatic rings. The van der Waals surface area contributed by atoms with Gasteiger partial charge in [-0.15, -0.1) is 0 Å². The number of hydrogen-bond acceptors (Lipinski definition) is 4. The highest BCUT2D eigenvalue weighted by atomic mass is 16.6. The van der Waals surface area contributed by atoms with E-state index in [0.29, 0.717) is 0 Å². The van der Waals surface area contributed by atoms with Gasteiger partial charge in [-0.05, 0) is 6.92 Å². The summed E-state index contributed by atoms with van der Waals surface area (Å²) in [4.78, 5) is 10.5. The van der Waals surface area contributed by atoms with Gasteiger partial charge in [0.1, 0.15) is 6.10 Å². The molecule has 5 N–H and O–H groups in total. The molecule has 0 spiro atoms. The van der Waals surface area contributed by atoms with Crippen LogP contribution in [0, 0.1) is 0 Å². The number of nitrogens with two attached hydrogens (primary N) is 1. The molecular weight excluding hydrogens is 176 g/mol. The maximum Gasteiger partial charge on any atom is 0.312 e. The normalized spacial score (nSPS) is 39.9. The number of aliphatic hydroxyl groups excluding tert-OH is 2. The third-order valence-electron chi connectivity index (χ3n) is 2.05. The second-order valence-electron chi connectivity index (χ2n) is 3.14. The first-order valence-corrected chi connectivity index (χ1v) is 4.08. The highest BCUT2D eigenvalue weighted by Gasteiger charge is 2.34. The zero-order valence-electron chi connectivity index (χ0n) is 7.30. The van der Waals surface area contributed by atoms with E-state index < -0.39 is 30.6 Å². The summed E-state index contributed by atoms with van der Waals surface area (Å²) in [6.07, 6.45) is -2.17. The fourth-order valence-corrected chi connectivity index (χ4v) is 1.39. The van der Waals surface area contributed by atoms with Gasteiger partial charge in [0.2, 0.25) is 0 Å². The largest absolute Gasteiger partial charge is 0.388 e. The van der Waals surface area contributed by atoms with Crippen molar-refractivity contribution in [3.05, 3.63) is 0 Å². The Kier molecular flexibility index (Phi) is 3.07. The van der Waals surface area contributed by atoms with Crippen molar-refractivity contribution in [3.63, 3.8) is 0 Å². The van der Waals surface area contributed by atoms with Crippen molar-refractivity contribution < 1.29 is 19.7 Å². The van der Waals surface area contributed by atoms with Gasteiger partial charge in [0.05, 0.1) is 12.1 Å². The van der Waals surface area contributed by atoms with Crippen molar-refractivity contribution in [2.75, 3.05) is 0 Å². The molecule has 6 heteroatoms. The molecule has 0 aromatic rings. The van der Waals surface area contributed by atoms with Crippen LogP contribution in [0.4, 0.5) is 4.79 Å². The number of nitrogens with one attached hydrogen (secondary N) is 1. The van der Waals surface area contributed by atoms with Crippen LogP contribution in [0.15, 0.2) is 0 Å². The summed E-state index contributed by atoms with van der Waals surface area (Å²) in [5.41, 5.74) is 4.89. The molecule has 0 aromatic heterocycles. The Balaban J connectivity index is 2.55. The van der Waals surface area contributed by atoms with Gasteiger partial charge in [0.15, 0.2) is 6.29 Å². The van der Waals surface area contributed by atoms with E-state index in [2.05, 4.69) is 5.32 Å². The van der Waals surface area contributed by atoms with Crippen LogP contribution in [-0.4, -0.2) is 40.8 Å². The van der Waals surface area contributed by atoms with Crippen LogP contribution in [-0.2, 0) is 4.74 Å². The lowest BCUT2D eigenvalue weighted by Gasteiger charge is -2.35. The van der Waals surface area contributed by atoms with E-state index in [4.69, 9.17) is 15.6 Å². The van der Waals surface area contributed by atoms with Crippen LogP contribution in [0.2, 0.25) is 0 Å². The second-order valence-corrected chi connectivity index (χ2v) is 3.14. The molecule has 1 aliphatic heterocycles. The molecule has 2 amide bonds. The van der Waals surface area contributed by atoms with Crippen LogP contribution < -0.4 is 11.1 Å². The Morgan fingerprint density at radius 2 is 2.23 bits per heavy atom. The van der Waals surface area contributed by atoms with Crippen molar-refractivity contribution in [1.82, 2.24) is 5.32 Å². The molecule has 13 heavy (non-hydrogen) atoms. The first-order chi connectivity index (χ1) is 6.00. The first kappa shape index (κ1) is 10.2. The molecule has 6 nitrogen and oxygen atoms in total. The third kappa shape index (κ3) is 2.55. The lowest BCUT2D eigenvalue weighted by atomic mass is 10.00. The van der Waals surface area contributed by atoms with E-state index in [1.807, 2.05) is 0 Å². The lowest BCUT2D eigenvalue weighted by Crippen LogP contribution is -2.55. The Labute approximate surface area is 75.7 Å². The molecule has 0 saturated carbocycles. The molecule has 0 bridgehead atoms. The summed E-state index contributed by atoms with van der Waals surface area (Å²) >= 11 is 0. The molecule has 0 aliphatic carbocycles. The van der Waals surface area contributed by atoms with Crippen molar-refractivity contribution in [1.29, 1.82) is 0 Å². The number of carbonyl (C=O) groups excluding carboxylic acids is 1. The summed E-state index contributed by atoms with van der Waals surface area (Å²) in [7, 11) is 0. The van der Waals surface area contributed by atoms with Crippen LogP contribution in [0.25, 0.3) is 0 Å². The number of primary amides is 1. The van der Waals surface area contributed by atoms with E-state index in [1.54, 1.807) is 6.92 Å². The predicted octanol–water partition coefficient (Wildman–Crippen LogP) is -1.49. The molecule has 76 valence electrons. The van der Waals surface area contributed by atoms with Crippen LogP contribution >= 0.6 is 0 Å². The summed E-state index contributed by atoms with van der Waals surface area (Å²) in [5, 5.41) is 21.0. The van der Waals surface area contributed by atoms with Crippen LogP contribution in [0.1, 0.15) is 13.3 Å². The SMILES string of the molecule is CC1OC(O)CC(NC(N)=O)C1O. The number of rotatable bonds is 1. The lowest BCUT2D eigenvalue weighted by molar-refractivity contribution is -0.201. The van der Waals surface area contributed by atoms with Crippen LogP contribution in [0.3, 0.4) is 0 Å². The van der Waals surface area contributed by atoms with E-state index >= 15 is 0 Å². The summed E-state index contributed by atoms with van der Waals surface area (Å²) in [5.74, 6) is 0.